The number of halogens is 3. The molecule has 2 atom stereocenters. The van der Waals surface area contributed by atoms with Crippen molar-refractivity contribution in [3.05, 3.63) is 23.9 Å². The predicted octanol–water partition coefficient (Wildman–Crippen LogP) is 2.95. The highest BCUT2D eigenvalue weighted by molar-refractivity contribution is 7.89. The van der Waals surface area contributed by atoms with Crippen molar-refractivity contribution in [3.8, 4) is 0 Å². The van der Waals surface area contributed by atoms with Gasteiger partial charge in [-0.05, 0) is 36.3 Å². The van der Waals surface area contributed by atoms with Gasteiger partial charge < -0.3 is 4.90 Å². The monoisotopic (exact) mass is 445 g/mol. The van der Waals surface area contributed by atoms with E-state index in [1.807, 2.05) is 13.8 Å². The third-order valence-corrected chi connectivity index (χ3v) is 9.61. The number of alkyl halides is 3. The van der Waals surface area contributed by atoms with Crippen LogP contribution in [0, 0.1) is 16.7 Å². The van der Waals surface area contributed by atoms with E-state index < -0.39 is 27.2 Å². The zero-order valence-electron chi connectivity index (χ0n) is 17.1. The van der Waals surface area contributed by atoms with Crippen molar-refractivity contribution in [1.29, 1.82) is 0 Å². The van der Waals surface area contributed by atoms with E-state index in [0.717, 1.165) is 18.7 Å². The van der Waals surface area contributed by atoms with Gasteiger partial charge in [0.15, 0.2) is 0 Å². The molecule has 6 nitrogen and oxygen atoms in total. The van der Waals surface area contributed by atoms with Crippen LogP contribution in [-0.2, 0) is 21.0 Å². The predicted molar refractivity (Wildman–Crippen MR) is 105 cm³/mol. The van der Waals surface area contributed by atoms with E-state index in [1.54, 1.807) is 4.90 Å². The van der Waals surface area contributed by atoms with E-state index >= 15 is 0 Å². The maximum atomic E-state index is 13.2. The molecule has 0 radical (unpaired) electrons. The number of fused-ring (bicyclic) bond motifs is 2. The largest absolute Gasteiger partial charge is 0.417 e. The van der Waals surface area contributed by atoms with E-state index in [-0.39, 0.29) is 36.0 Å². The van der Waals surface area contributed by atoms with Gasteiger partial charge in [0, 0.05) is 44.2 Å². The zero-order chi connectivity index (χ0) is 21.9. The van der Waals surface area contributed by atoms with Gasteiger partial charge in [0.05, 0.1) is 11.3 Å². The number of hydrogen-bond donors (Lipinski definition) is 0. The summed E-state index contributed by atoms with van der Waals surface area (Å²) in [6.45, 7) is 5.14. The number of carbonyl (C=O) groups excluding carboxylic acids is 1. The van der Waals surface area contributed by atoms with Crippen molar-refractivity contribution in [3.63, 3.8) is 0 Å². The lowest BCUT2D eigenvalue weighted by molar-refractivity contribution is -0.137. The second kappa shape index (κ2) is 6.91. The molecule has 1 saturated heterocycles. The minimum absolute atomic E-state index is 0.0694. The normalized spacial score (nSPS) is 29.6. The average molecular weight is 446 g/mol. The molecule has 2 saturated carbocycles. The van der Waals surface area contributed by atoms with Crippen molar-refractivity contribution >= 4 is 21.6 Å². The third kappa shape index (κ3) is 3.32. The Morgan fingerprint density at radius 3 is 2.30 bits per heavy atom. The number of rotatable bonds is 4. The molecule has 4 rings (SSSR count). The zero-order valence-corrected chi connectivity index (χ0v) is 17.9. The molecular formula is C20H26F3N3O3S. The Labute approximate surface area is 174 Å². The molecule has 3 aliphatic rings. The van der Waals surface area contributed by atoms with Crippen molar-refractivity contribution in [2.75, 3.05) is 36.8 Å². The maximum absolute atomic E-state index is 13.2. The lowest BCUT2D eigenvalue weighted by atomic mass is 9.70. The summed E-state index contributed by atoms with van der Waals surface area (Å²) in [5.74, 6) is 0.563. The van der Waals surface area contributed by atoms with Crippen LogP contribution in [0.15, 0.2) is 18.3 Å². The molecule has 1 aliphatic heterocycles. The molecule has 3 fully saturated rings. The molecule has 1 aromatic heterocycles. The van der Waals surface area contributed by atoms with Gasteiger partial charge in [-0.2, -0.15) is 17.5 Å². The number of sulfonamides is 1. The molecule has 0 aromatic carbocycles. The Hall–Kier alpha value is -1.68. The molecule has 0 unspecified atom stereocenters. The van der Waals surface area contributed by atoms with Crippen molar-refractivity contribution in [2.45, 2.75) is 39.3 Å². The first-order chi connectivity index (χ1) is 13.9. The summed E-state index contributed by atoms with van der Waals surface area (Å²) in [4.78, 5) is 18.4. The molecule has 2 bridgehead atoms. The van der Waals surface area contributed by atoms with Gasteiger partial charge in [0.1, 0.15) is 11.6 Å². The van der Waals surface area contributed by atoms with Crippen LogP contribution in [0.25, 0.3) is 0 Å². The topological polar surface area (TPSA) is 70.6 Å². The SMILES string of the molecule is CC1(C)[C@@H]2CC[C@]1(CS(=O)(=O)N1CCN(c3ccc(C(F)(F)F)cn3)CC1)C(=O)C2. The van der Waals surface area contributed by atoms with Crippen LogP contribution in [0.5, 0.6) is 0 Å². The summed E-state index contributed by atoms with van der Waals surface area (Å²) in [5.41, 5.74) is -1.93. The number of aromatic nitrogens is 1. The summed E-state index contributed by atoms with van der Waals surface area (Å²) >= 11 is 0. The van der Waals surface area contributed by atoms with Crippen LogP contribution >= 0.6 is 0 Å². The molecular weight excluding hydrogens is 419 g/mol. The Kier molecular flexibility index (Phi) is 4.97. The van der Waals surface area contributed by atoms with E-state index in [0.29, 0.717) is 31.7 Å². The van der Waals surface area contributed by atoms with Crippen LogP contribution in [0.4, 0.5) is 19.0 Å². The Balaban J connectivity index is 1.43. The standard InChI is InChI=1S/C20H26F3N3O3S/c1-18(2)14-5-6-19(18,16(27)11-14)13-30(28,29)26-9-7-25(8-10-26)17-4-3-15(12-24-17)20(21,22)23/h3-4,12,14H,5-11,13H2,1-2H3/t14-,19+/m1/s1. The lowest BCUT2D eigenvalue weighted by Gasteiger charge is -2.40. The molecule has 166 valence electrons. The van der Waals surface area contributed by atoms with Gasteiger partial charge in [-0.15, -0.1) is 0 Å². The van der Waals surface area contributed by atoms with Crippen LogP contribution in [0.2, 0.25) is 0 Å². The lowest BCUT2D eigenvalue weighted by Crippen LogP contribution is -2.53. The first-order valence-corrected chi connectivity index (χ1v) is 11.8. The van der Waals surface area contributed by atoms with Gasteiger partial charge in [0.25, 0.3) is 0 Å². The quantitative estimate of drug-likeness (QED) is 0.713. The maximum Gasteiger partial charge on any atom is 0.417 e. The van der Waals surface area contributed by atoms with Gasteiger partial charge in [-0.3, -0.25) is 4.79 Å². The summed E-state index contributed by atoms with van der Waals surface area (Å²) in [6, 6.07) is 2.29. The van der Waals surface area contributed by atoms with Crippen LogP contribution in [0.1, 0.15) is 38.7 Å². The van der Waals surface area contributed by atoms with Crippen molar-refractivity contribution < 1.29 is 26.4 Å². The first-order valence-electron chi connectivity index (χ1n) is 10.2. The van der Waals surface area contributed by atoms with Crippen LogP contribution in [-0.4, -0.2) is 55.4 Å². The average Bonchev–Trinajstić information content (AvgIpc) is 3.01. The smallest absolute Gasteiger partial charge is 0.354 e. The molecule has 1 aromatic rings. The van der Waals surface area contributed by atoms with Gasteiger partial charge in [-0.1, -0.05) is 13.8 Å². The number of Topliss-reactive ketones (excluding diaryl/α,β-unsaturated/α-hetero) is 1. The molecule has 2 heterocycles. The van der Waals surface area contributed by atoms with Gasteiger partial charge in [-0.25, -0.2) is 13.4 Å². The minimum atomic E-state index is -4.44. The summed E-state index contributed by atoms with van der Waals surface area (Å²) < 4.78 is 65.9. The van der Waals surface area contributed by atoms with E-state index in [1.165, 1.54) is 10.4 Å². The number of pyridine rings is 1. The fourth-order valence-corrected chi connectivity index (χ4v) is 7.65. The highest BCUT2D eigenvalue weighted by atomic mass is 32.2. The molecule has 0 amide bonds. The molecule has 2 aliphatic carbocycles. The van der Waals surface area contributed by atoms with Gasteiger partial charge in [0.2, 0.25) is 10.0 Å². The highest BCUT2D eigenvalue weighted by Gasteiger charge is 2.65. The van der Waals surface area contributed by atoms with E-state index in [2.05, 4.69) is 4.98 Å². The highest BCUT2D eigenvalue weighted by Crippen LogP contribution is 2.64. The Morgan fingerprint density at radius 1 is 1.17 bits per heavy atom. The Bertz CT molecular complexity index is 938. The second-order valence-corrected chi connectivity index (χ2v) is 11.2. The number of hydrogen-bond acceptors (Lipinski definition) is 5. The molecule has 0 N–H and O–H groups in total. The summed E-state index contributed by atoms with van der Waals surface area (Å²) in [6.07, 6.45) is -1.67. The number of anilines is 1. The third-order valence-electron chi connectivity index (χ3n) is 7.60. The summed E-state index contributed by atoms with van der Waals surface area (Å²) in [5, 5.41) is 0. The number of carbonyl (C=O) groups is 1. The molecule has 0 spiro atoms. The first kappa shape index (κ1) is 21.5. The minimum Gasteiger partial charge on any atom is -0.354 e. The molecule has 30 heavy (non-hydrogen) atoms. The van der Waals surface area contributed by atoms with E-state index in [4.69, 9.17) is 0 Å². The summed E-state index contributed by atoms with van der Waals surface area (Å²) in [7, 11) is -3.63. The fourth-order valence-electron chi connectivity index (χ4n) is 5.45. The second-order valence-electron chi connectivity index (χ2n) is 9.21. The van der Waals surface area contributed by atoms with Crippen molar-refractivity contribution in [2.24, 2.45) is 16.7 Å². The Morgan fingerprint density at radius 2 is 1.83 bits per heavy atom. The van der Waals surface area contributed by atoms with Crippen molar-refractivity contribution in [1.82, 2.24) is 9.29 Å². The fraction of sp³-hybridized carbons (Fsp3) is 0.700. The molecule has 10 heteroatoms. The van der Waals surface area contributed by atoms with Crippen LogP contribution < -0.4 is 4.90 Å². The number of nitrogens with zero attached hydrogens (tertiary/aromatic N) is 3. The van der Waals surface area contributed by atoms with E-state index in [9.17, 15) is 26.4 Å². The number of piperazine rings is 1. The number of ketones is 1. The van der Waals surface area contributed by atoms with Gasteiger partial charge >= 0.3 is 6.18 Å². The van der Waals surface area contributed by atoms with Crippen LogP contribution in [0.3, 0.4) is 0 Å².